The summed E-state index contributed by atoms with van der Waals surface area (Å²) >= 11 is 3.13. The van der Waals surface area contributed by atoms with Gasteiger partial charge in [-0.15, -0.1) is 0 Å². The molecule has 0 fully saturated rings. The Morgan fingerprint density at radius 2 is 2.22 bits per heavy atom. The van der Waals surface area contributed by atoms with Crippen LogP contribution in [-0.4, -0.2) is 9.55 Å². The van der Waals surface area contributed by atoms with Crippen molar-refractivity contribution in [1.82, 2.24) is 9.55 Å². The summed E-state index contributed by atoms with van der Waals surface area (Å²) in [5, 5.41) is 0. The number of nitrogens with two attached hydrogens (primary N) is 1. The molecule has 5 heteroatoms. The third kappa shape index (κ3) is 2.56. The smallest absolute Gasteiger partial charge is 0.138 e. The van der Waals surface area contributed by atoms with E-state index >= 15 is 0 Å². The van der Waals surface area contributed by atoms with Gasteiger partial charge in [0.25, 0.3) is 0 Å². The molecule has 0 atom stereocenters. The molecule has 1 aromatic carbocycles. The highest BCUT2D eigenvalue weighted by atomic mass is 79.9. The predicted octanol–water partition coefficient (Wildman–Crippen LogP) is 3.83. The van der Waals surface area contributed by atoms with Gasteiger partial charge in [0.15, 0.2) is 0 Å². The fourth-order valence-corrected chi connectivity index (χ4v) is 2.01. The van der Waals surface area contributed by atoms with Crippen LogP contribution in [0.3, 0.4) is 0 Å². The number of benzene rings is 1. The Bertz CT molecular complexity index is 551. The largest absolute Gasteiger partial charge is 0.383 e. The average molecular weight is 312 g/mol. The van der Waals surface area contributed by atoms with Crippen molar-refractivity contribution in [3.63, 3.8) is 0 Å². The lowest BCUT2D eigenvalue weighted by atomic mass is 10.1. The molecule has 3 nitrogen and oxygen atoms in total. The molecule has 0 saturated carbocycles. The van der Waals surface area contributed by atoms with Crippen molar-refractivity contribution < 1.29 is 4.39 Å². The van der Waals surface area contributed by atoms with E-state index in [0.29, 0.717) is 21.5 Å². The number of aryl methyl sites for hydroxylation is 1. The van der Waals surface area contributed by atoms with Crippen LogP contribution < -0.4 is 5.73 Å². The van der Waals surface area contributed by atoms with Gasteiger partial charge in [-0.2, -0.15) is 0 Å². The fourth-order valence-electron chi connectivity index (χ4n) is 1.76. The van der Waals surface area contributed by atoms with Gasteiger partial charge in [-0.1, -0.05) is 19.4 Å². The van der Waals surface area contributed by atoms with Gasteiger partial charge in [-0.05, 0) is 34.5 Å². The first-order valence-corrected chi connectivity index (χ1v) is 6.68. The van der Waals surface area contributed by atoms with Crippen molar-refractivity contribution >= 4 is 21.7 Å². The maximum absolute atomic E-state index is 13.5. The lowest BCUT2D eigenvalue weighted by Crippen LogP contribution is -2.02. The Balaban J connectivity index is 2.33. The predicted molar refractivity (Wildman–Crippen MR) is 74.6 cm³/mol. The van der Waals surface area contributed by atoms with Crippen LogP contribution in [-0.2, 0) is 6.54 Å². The molecule has 0 unspecified atom stereocenters. The Hall–Kier alpha value is -1.36. The molecule has 2 aromatic rings. The van der Waals surface area contributed by atoms with Crippen LogP contribution in [0.2, 0.25) is 0 Å². The van der Waals surface area contributed by atoms with E-state index in [-0.39, 0.29) is 5.82 Å². The lowest BCUT2D eigenvalue weighted by molar-refractivity contribution is 0.621. The summed E-state index contributed by atoms with van der Waals surface area (Å²) in [5.74, 6) is 0.278. The number of unbranched alkanes of at least 4 members (excludes halogenated alkanes) is 1. The normalized spacial score (nSPS) is 10.8. The number of nitrogens with zero attached hydrogens (tertiary/aromatic N) is 2. The summed E-state index contributed by atoms with van der Waals surface area (Å²) in [6.45, 7) is 2.96. The van der Waals surface area contributed by atoms with E-state index in [9.17, 15) is 4.39 Å². The number of aromatic nitrogens is 2. The van der Waals surface area contributed by atoms with Crippen LogP contribution in [0.4, 0.5) is 10.2 Å². The third-order valence-corrected chi connectivity index (χ3v) is 3.47. The molecule has 2 rings (SSSR count). The van der Waals surface area contributed by atoms with Gasteiger partial charge in [0, 0.05) is 12.1 Å². The van der Waals surface area contributed by atoms with E-state index in [2.05, 4.69) is 27.8 Å². The number of hydrogen-bond acceptors (Lipinski definition) is 2. The maximum Gasteiger partial charge on any atom is 0.138 e. The lowest BCUT2D eigenvalue weighted by Gasteiger charge is -2.05. The average Bonchev–Trinajstić information content (AvgIpc) is 2.72. The van der Waals surface area contributed by atoms with E-state index in [1.165, 1.54) is 6.07 Å². The minimum Gasteiger partial charge on any atom is -0.383 e. The zero-order valence-corrected chi connectivity index (χ0v) is 11.7. The number of hydrogen-bond donors (Lipinski definition) is 1. The molecule has 0 amide bonds. The van der Waals surface area contributed by atoms with Crippen LogP contribution in [0.5, 0.6) is 0 Å². The molecule has 0 radical (unpaired) electrons. The van der Waals surface area contributed by atoms with Gasteiger partial charge < -0.3 is 10.3 Å². The topological polar surface area (TPSA) is 43.8 Å². The number of rotatable bonds is 4. The number of halogens is 2. The molecular weight excluding hydrogens is 297 g/mol. The quantitative estimate of drug-likeness (QED) is 0.932. The zero-order chi connectivity index (χ0) is 13.1. The van der Waals surface area contributed by atoms with E-state index in [0.717, 1.165) is 19.4 Å². The summed E-state index contributed by atoms with van der Waals surface area (Å²) < 4.78 is 15.8. The number of imidazole rings is 1. The fraction of sp³-hybridized carbons (Fsp3) is 0.308. The van der Waals surface area contributed by atoms with Gasteiger partial charge in [-0.3, -0.25) is 0 Å². The highest BCUT2D eigenvalue weighted by Crippen LogP contribution is 2.27. The van der Waals surface area contributed by atoms with E-state index < -0.39 is 0 Å². The summed E-state index contributed by atoms with van der Waals surface area (Å²) in [6, 6.07) is 4.90. The highest BCUT2D eigenvalue weighted by molar-refractivity contribution is 9.10. The molecule has 1 aromatic heterocycles. The molecular formula is C13H15BrFN3. The van der Waals surface area contributed by atoms with E-state index in [1.807, 2.05) is 4.57 Å². The highest BCUT2D eigenvalue weighted by Gasteiger charge is 2.11. The number of nitrogen functional groups attached to an aromatic ring is 1. The summed E-state index contributed by atoms with van der Waals surface area (Å²) in [5.41, 5.74) is 7.36. The van der Waals surface area contributed by atoms with Gasteiger partial charge in [0.2, 0.25) is 0 Å². The minimum absolute atomic E-state index is 0.310. The number of anilines is 1. The second-order valence-electron chi connectivity index (χ2n) is 4.15. The molecule has 0 bridgehead atoms. The van der Waals surface area contributed by atoms with Crippen LogP contribution in [0.25, 0.3) is 11.3 Å². The van der Waals surface area contributed by atoms with Crippen molar-refractivity contribution in [2.24, 2.45) is 0 Å². The van der Waals surface area contributed by atoms with Gasteiger partial charge in [0.05, 0.1) is 10.8 Å². The van der Waals surface area contributed by atoms with Crippen LogP contribution in [0.1, 0.15) is 19.8 Å². The van der Waals surface area contributed by atoms with E-state index in [1.54, 1.807) is 18.5 Å². The van der Waals surface area contributed by atoms with Crippen LogP contribution >= 0.6 is 15.9 Å². The summed E-state index contributed by atoms with van der Waals surface area (Å²) in [7, 11) is 0. The molecule has 0 aliphatic rings. The summed E-state index contributed by atoms with van der Waals surface area (Å²) in [4.78, 5) is 4.27. The first-order valence-electron chi connectivity index (χ1n) is 5.89. The van der Waals surface area contributed by atoms with Crippen molar-refractivity contribution in [2.45, 2.75) is 26.3 Å². The molecule has 0 spiro atoms. The van der Waals surface area contributed by atoms with Crippen LogP contribution in [0, 0.1) is 5.82 Å². The third-order valence-electron chi connectivity index (χ3n) is 2.82. The molecule has 0 aliphatic carbocycles. The molecule has 0 saturated heterocycles. The first kappa shape index (κ1) is 13.1. The van der Waals surface area contributed by atoms with E-state index in [4.69, 9.17) is 5.73 Å². The SMILES string of the molecule is CCCCn1cnc(-c2ccc(Br)c(F)c2)c1N. The maximum atomic E-state index is 13.5. The zero-order valence-electron chi connectivity index (χ0n) is 10.2. The first-order chi connectivity index (χ1) is 8.63. The Morgan fingerprint density at radius 3 is 2.89 bits per heavy atom. The van der Waals surface area contributed by atoms with Crippen LogP contribution in [0.15, 0.2) is 29.0 Å². The second-order valence-corrected chi connectivity index (χ2v) is 5.01. The van der Waals surface area contributed by atoms with Gasteiger partial charge >= 0.3 is 0 Å². The molecule has 2 N–H and O–H groups in total. The standard InChI is InChI=1S/C13H15BrFN3/c1-2-3-6-18-8-17-12(13(18)16)9-4-5-10(14)11(15)7-9/h4-5,7-8H,2-3,6,16H2,1H3. The molecule has 18 heavy (non-hydrogen) atoms. The Labute approximate surface area is 114 Å². The monoisotopic (exact) mass is 311 g/mol. The second kappa shape index (κ2) is 5.52. The van der Waals surface area contributed by atoms with Crippen molar-refractivity contribution in [3.8, 4) is 11.3 Å². The van der Waals surface area contributed by atoms with Crippen molar-refractivity contribution in [2.75, 3.05) is 5.73 Å². The summed E-state index contributed by atoms with van der Waals surface area (Å²) in [6.07, 6.45) is 3.86. The van der Waals surface area contributed by atoms with Crippen molar-refractivity contribution in [3.05, 3.63) is 34.8 Å². The molecule has 0 aliphatic heterocycles. The van der Waals surface area contributed by atoms with Gasteiger partial charge in [0.1, 0.15) is 17.3 Å². The van der Waals surface area contributed by atoms with Crippen molar-refractivity contribution in [1.29, 1.82) is 0 Å². The Morgan fingerprint density at radius 1 is 1.44 bits per heavy atom. The minimum atomic E-state index is -0.310. The molecule has 96 valence electrons. The molecule has 1 heterocycles. The Kier molecular flexibility index (Phi) is 4.01. The van der Waals surface area contributed by atoms with Gasteiger partial charge in [-0.25, -0.2) is 9.37 Å².